The highest BCUT2D eigenvalue weighted by molar-refractivity contribution is 6.07. The SMILES string of the molecule is CCc1ccc(N/C=C(/C#N)C(=O)Nc2ccc([N+](=O)[O-])cc2OC)cc1. The summed E-state index contributed by atoms with van der Waals surface area (Å²) in [4.78, 5) is 22.6. The number of nitriles is 1. The quantitative estimate of drug-likeness (QED) is 0.334. The molecule has 0 aliphatic rings. The maximum absolute atomic E-state index is 12.3. The van der Waals surface area contributed by atoms with Crippen molar-refractivity contribution in [3.05, 3.63) is 69.9 Å². The minimum absolute atomic E-state index is 0.123. The molecule has 2 aromatic carbocycles. The van der Waals surface area contributed by atoms with Crippen molar-refractivity contribution in [1.29, 1.82) is 5.26 Å². The molecular weight excluding hydrogens is 348 g/mol. The third-order valence-electron chi connectivity index (χ3n) is 3.75. The second-order valence-corrected chi connectivity index (χ2v) is 5.46. The van der Waals surface area contributed by atoms with Gasteiger partial charge in [0, 0.05) is 18.0 Å². The minimum atomic E-state index is -0.665. The summed E-state index contributed by atoms with van der Waals surface area (Å²) in [6, 6.07) is 13.2. The molecular formula is C19H18N4O4. The lowest BCUT2D eigenvalue weighted by molar-refractivity contribution is -0.384. The zero-order chi connectivity index (χ0) is 19.8. The Bertz CT molecular complexity index is 914. The van der Waals surface area contributed by atoms with Gasteiger partial charge < -0.3 is 15.4 Å². The molecule has 27 heavy (non-hydrogen) atoms. The van der Waals surface area contributed by atoms with Crippen LogP contribution < -0.4 is 15.4 Å². The average Bonchev–Trinajstić information content (AvgIpc) is 2.69. The summed E-state index contributed by atoms with van der Waals surface area (Å²) in [6.07, 6.45) is 2.22. The molecule has 0 bridgehead atoms. The van der Waals surface area contributed by atoms with E-state index in [9.17, 15) is 20.2 Å². The zero-order valence-electron chi connectivity index (χ0n) is 14.9. The van der Waals surface area contributed by atoms with E-state index in [1.165, 1.54) is 37.1 Å². The van der Waals surface area contributed by atoms with Gasteiger partial charge in [0.1, 0.15) is 17.4 Å². The number of benzene rings is 2. The molecule has 0 fully saturated rings. The van der Waals surface area contributed by atoms with Crippen LogP contribution in [0.3, 0.4) is 0 Å². The maximum Gasteiger partial charge on any atom is 0.273 e. The molecule has 138 valence electrons. The van der Waals surface area contributed by atoms with Crippen molar-refractivity contribution in [2.75, 3.05) is 17.7 Å². The molecule has 0 aromatic heterocycles. The lowest BCUT2D eigenvalue weighted by Gasteiger charge is -2.09. The summed E-state index contributed by atoms with van der Waals surface area (Å²) < 4.78 is 5.06. The van der Waals surface area contributed by atoms with Gasteiger partial charge >= 0.3 is 0 Å². The van der Waals surface area contributed by atoms with E-state index >= 15 is 0 Å². The number of carbonyl (C=O) groups excluding carboxylic acids is 1. The number of nitro groups is 1. The molecule has 0 radical (unpaired) electrons. The van der Waals surface area contributed by atoms with Gasteiger partial charge in [-0.2, -0.15) is 5.26 Å². The number of carbonyl (C=O) groups is 1. The second-order valence-electron chi connectivity index (χ2n) is 5.46. The first-order valence-corrected chi connectivity index (χ1v) is 8.08. The summed E-state index contributed by atoms with van der Waals surface area (Å²) in [5, 5.41) is 25.5. The Morgan fingerprint density at radius 3 is 2.56 bits per heavy atom. The van der Waals surface area contributed by atoms with Gasteiger partial charge in [0.15, 0.2) is 0 Å². The minimum Gasteiger partial charge on any atom is -0.494 e. The largest absolute Gasteiger partial charge is 0.494 e. The molecule has 8 heteroatoms. The Morgan fingerprint density at radius 1 is 1.30 bits per heavy atom. The second kappa shape index (κ2) is 9.01. The average molecular weight is 366 g/mol. The van der Waals surface area contributed by atoms with Crippen LogP contribution in [0.15, 0.2) is 54.2 Å². The van der Waals surface area contributed by atoms with Crippen LogP contribution in [0.4, 0.5) is 17.1 Å². The number of methoxy groups -OCH3 is 1. The Labute approximate surface area is 156 Å². The van der Waals surface area contributed by atoms with E-state index < -0.39 is 10.8 Å². The number of anilines is 2. The number of non-ortho nitro benzene ring substituents is 1. The number of hydrogen-bond acceptors (Lipinski definition) is 6. The van der Waals surface area contributed by atoms with Gasteiger partial charge in [0.25, 0.3) is 11.6 Å². The molecule has 2 N–H and O–H groups in total. The van der Waals surface area contributed by atoms with Crippen LogP contribution in [0, 0.1) is 21.4 Å². The molecule has 0 aliphatic carbocycles. The highest BCUT2D eigenvalue weighted by atomic mass is 16.6. The highest BCUT2D eigenvalue weighted by Gasteiger charge is 2.15. The lowest BCUT2D eigenvalue weighted by Crippen LogP contribution is -2.15. The van der Waals surface area contributed by atoms with E-state index in [1.807, 2.05) is 37.3 Å². The van der Waals surface area contributed by atoms with Crippen LogP contribution >= 0.6 is 0 Å². The summed E-state index contributed by atoms with van der Waals surface area (Å²) in [5.74, 6) is -0.541. The summed E-state index contributed by atoms with van der Waals surface area (Å²) in [5.41, 5.74) is 1.81. The number of ether oxygens (including phenoxy) is 1. The first-order chi connectivity index (χ1) is 13.0. The van der Waals surface area contributed by atoms with Crippen molar-refractivity contribution in [3.8, 4) is 11.8 Å². The molecule has 2 aromatic rings. The fourth-order valence-corrected chi connectivity index (χ4v) is 2.23. The number of aryl methyl sites for hydroxylation is 1. The van der Waals surface area contributed by atoms with Crippen LogP contribution in [-0.4, -0.2) is 17.9 Å². The lowest BCUT2D eigenvalue weighted by atomic mass is 10.1. The van der Waals surface area contributed by atoms with Crippen molar-refractivity contribution in [2.45, 2.75) is 13.3 Å². The van der Waals surface area contributed by atoms with E-state index in [1.54, 1.807) is 0 Å². The monoisotopic (exact) mass is 366 g/mol. The van der Waals surface area contributed by atoms with Crippen LogP contribution in [-0.2, 0) is 11.2 Å². The van der Waals surface area contributed by atoms with Gasteiger partial charge in [0.05, 0.1) is 23.8 Å². The van der Waals surface area contributed by atoms with Crippen molar-refractivity contribution >= 4 is 23.0 Å². The number of nitrogens with one attached hydrogen (secondary N) is 2. The van der Waals surface area contributed by atoms with E-state index in [4.69, 9.17) is 4.74 Å². The van der Waals surface area contributed by atoms with Crippen LogP contribution in [0.2, 0.25) is 0 Å². The number of hydrogen-bond donors (Lipinski definition) is 2. The third kappa shape index (κ3) is 5.06. The van der Waals surface area contributed by atoms with E-state index in [-0.39, 0.29) is 22.7 Å². The highest BCUT2D eigenvalue weighted by Crippen LogP contribution is 2.29. The summed E-state index contributed by atoms with van der Waals surface area (Å²) in [6.45, 7) is 2.05. The number of amides is 1. The Morgan fingerprint density at radius 2 is 2.00 bits per heavy atom. The molecule has 0 atom stereocenters. The van der Waals surface area contributed by atoms with E-state index in [0.717, 1.165) is 12.1 Å². The van der Waals surface area contributed by atoms with Gasteiger partial charge in [-0.25, -0.2) is 0 Å². The van der Waals surface area contributed by atoms with Crippen molar-refractivity contribution in [2.24, 2.45) is 0 Å². The van der Waals surface area contributed by atoms with Crippen LogP contribution in [0.25, 0.3) is 0 Å². The number of rotatable bonds is 7. The van der Waals surface area contributed by atoms with Crippen LogP contribution in [0.1, 0.15) is 12.5 Å². The summed E-state index contributed by atoms with van der Waals surface area (Å²) >= 11 is 0. The summed E-state index contributed by atoms with van der Waals surface area (Å²) in [7, 11) is 1.33. The van der Waals surface area contributed by atoms with Crippen molar-refractivity contribution in [3.63, 3.8) is 0 Å². The normalized spacial score (nSPS) is 10.6. The Hall–Kier alpha value is -3.86. The van der Waals surface area contributed by atoms with Crippen LogP contribution in [0.5, 0.6) is 5.75 Å². The number of nitrogens with zero attached hydrogens (tertiary/aromatic N) is 2. The molecule has 0 saturated carbocycles. The van der Waals surface area contributed by atoms with Gasteiger partial charge in [-0.15, -0.1) is 0 Å². The molecule has 2 rings (SSSR count). The molecule has 0 heterocycles. The fourth-order valence-electron chi connectivity index (χ4n) is 2.23. The fraction of sp³-hybridized carbons (Fsp3) is 0.158. The molecule has 0 saturated heterocycles. The third-order valence-corrected chi connectivity index (χ3v) is 3.75. The smallest absolute Gasteiger partial charge is 0.273 e. The Balaban J connectivity index is 2.14. The molecule has 1 amide bonds. The predicted molar refractivity (Wildman–Crippen MR) is 101 cm³/mol. The standard InChI is InChI=1S/C19H18N4O4/c1-3-13-4-6-15(7-5-13)21-12-14(11-20)19(24)22-17-9-8-16(23(25)26)10-18(17)27-2/h4-10,12,21H,3H2,1-2H3,(H,22,24)/b14-12-. The maximum atomic E-state index is 12.3. The van der Waals surface area contributed by atoms with Crippen molar-refractivity contribution < 1.29 is 14.5 Å². The molecule has 0 spiro atoms. The Kier molecular flexibility index (Phi) is 6.49. The molecule has 0 aliphatic heterocycles. The van der Waals surface area contributed by atoms with Gasteiger partial charge in [-0.3, -0.25) is 14.9 Å². The van der Waals surface area contributed by atoms with Crippen molar-refractivity contribution in [1.82, 2.24) is 0 Å². The first kappa shape index (κ1) is 19.5. The molecule has 0 unspecified atom stereocenters. The topological polar surface area (TPSA) is 117 Å². The van der Waals surface area contributed by atoms with E-state index in [0.29, 0.717) is 0 Å². The zero-order valence-corrected chi connectivity index (χ0v) is 14.9. The van der Waals surface area contributed by atoms with Gasteiger partial charge in [-0.05, 0) is 30.2 Å². The number of nitro benzene ring substituents is 1. The van der Waals surface area contributed by atoms with E-state index in [2.05, 4.69) is 10.6 Å². The first-order valence-electron chi connectivity index (χ1n) is 8.08. The molecule has 8 nitrogen and oxygen atoms in total. The van der Waals surface area contributed by atoms with Gasteiger partial charge in [0.2, 0.25) is 0 Å². The predicted octanol–water partition coefficient (Wildman–Crippen LogP) is 3.62. The van der Waals surface area contributed by atoms with Gasteiger partial charge in [-0.1, -0.05) is 19.1 Å².